The summed E-state index contributed by atoms with van der Waals surface area (Å²) in [6, 6.07) is 16.6. The molecular formula is C21H24N2O. The van der Waals surface area contributed by atoms with Crippen molar-refractivity contribution >= 4 is 0 Å². The summed E-state index contributed by atoms with van der Waals surface area (Å²) >= 11 is 0. The van der Waals surface area contributed by atoms with Gasteiger partial charge >= 0.3 is 0 Å². The van der Waals surface area contributed by atoms with E-state index >= 15 is 0 Å². The Labute approximate surface area is 143 Å². The number of aryl methyl sites for hydroxylation is 2. The van der Waals surface area contributed by atoms with Crippen molar-refractivity contribution in [3.63, 3.8) is 0 Å². The van der Waals surface area contributed by atoms with E-state index in [1.54, 1.807) is 0 Å². The summed E-state index contributed by atoms with van der Waals surface area (Å²) in [7, 11) is 0. The summed E-state index contributed by atoms with van der Waals surface area (Å²) in [6.07, 6.45) is 2.88. The van der Waals surface area contributed by atoms with Crippen LogP contribution in [0, 0.1) is 13.8 Å². The van der Waals surface area contributed by atoms with Crippen molar-refractivity contribution in [1.29, 1.82) is 0 Å². The molecule has 1 aromatic heterocycles. The van der Waals surface area contributed by atoms with Gasteiger partial charge in [0.25, 0.3) is 5.56 Å². The van der Waals surface area contributed by atoms with Crippen molar-refractivity contribution in [1.82, 2.24) is 9.78 Å². The van der Waals surface area contributed by atoms with Crippen LogP contribution in [0.25, 0.3) is 16.9 Å². The van der Waals surface area contributed by atoms with Crippen LogP contribution in [0.4, 0.5) is 0 Å². The van der Waals surface area contributed by atoms with Gasteiger partial charge in [-0.2, -0.15) is 0 Å². The predicted molar refractivity (Wildman–Crippen MR) is 99.9 cm³/mol. The van der Waals surface area contributed by atoms with Gasteiger partial charge in [-0.05, 0) is 44.4 Å². The van der Waals surface area contributed by atoms with Crippen molar-refractivity contribution in [2.75, 3.05) is 0 Å². The first-order valence-electron chi connectivity index (χ1n) is 8.58. The Kier molecular flexibility index (Phi) is 4.70. The molecule has 0 amide bonds. The van der Waals surface area contributed by atoms with Crippen molar-refractivity contribution in [2.45, 2.75) is 40.0 Å². The van der Waals surface area contributed by atoms with E-state index in [1.807, 2.05) is 16.8 Å². The standard InChI is InChI=1S/C21H24N2O/c1-4-5-9-19-20(17-12-10-15(2)11-13-17)23(22-21(19)24)18-8-6-7-16(3)14-18/h6-8,10-14H,4-5,9H2,1-3H3,(H,22,24). The Bertz CT molecular complexity index is 885. The van der Waals surface area contributed by atoms with Crippen molar-refractivity contribution in [3.8, 4) is 16.9 Å². The minimum absolute atomic E-state index is 0.0144. The monoisotopic (exact) mass is 320 g/mol. The molecule has 3 aromatic rings. The number of aromatic amines is 1. The lowest BCUT2D eigenvalue weighted by atomic mass is 10.0. The van der Waals surface area contributed by atoms with Gasteiger partial charge in [0.15, 0.2) is 0 Å². The van der Waals surface area contributed by atoms with Gasteiger partial charge in [0.1, 0.15) is 0 Å². The summed E-state index contributed by atoms with van der Waals surface area (Å²) in [6.45, 7) is 6.29. The summed E-state index contributed by atoms with van der Waals surface area (Å²) in [5, 5.41) is 3.04. The van der Waals surface area contributed by atoms with E-state index in [1.165, 1.54) is 11.1 Å². The van der Waals surface area contributed by atoms with Crippen LogP contribution in [0.1, 0.15) is 36.5 Å². The van der Waals surface area contributed by atoms with Crippen molar-refractivity contribution in [3.05, 3.63) is 75.6 Å². The van der Waals surface area contributed by atoms with E-state index in [2.05, 4.69) is 62.3 Å². The van der Waals surface area contributed by atoms with E-state index in [0.29, 0.717) is 0 Å². The molecule has 0 spiro atoms. The highest BCUT2D eigenvalue weighted by Gasteiger charge is 2.17. The lowest BCUT2D eigenvalue weighted by molar-refractivity contribution is 0.792. The molecule has 2 aromatic carbocycles. The molecule has 1 N–H and O–H groups in total. The molecule has 3 heteroatoms. The van der Waals surface area contributed by atoms with Crippen molar-refractivity contribution < 1.29 is 0 Å². The Balaban J connectivity index is 2.22. The fourth-order valence-corrected chi connectivity index (χ4v) is 3.03. The quantitative estimate of drug-likeness (QED) is 0.721. The fourth-order valence-electron chi connectivity index (χ4n) is 3.03. The average molecular weight is 320 g/mol. The second-order valence-electron chi connectivity index (χ2n) is 6.41. The molecule has 0 aliphatic carbocycles. The van der Waals surface area contributed by atoms with Gasteiger partial charge in [0, 0.05) is 11.1 Å². The van der Waals surface area contributed by atoms with Gasteiger partial charge in [-0.3, -0.25) is 14.6 Å². The molecule has 0 radical (unpaired) electrons. The van der Waals surface area contributed by atoms with Gasteiger partial charge < -0.3 is 0 Å². The zero-order valence-corrected chi connectivity index (χ0v) is 14.6. The van der Waals surface area contributed by atoms with Gasteiger partial charge in [0.2, 0.25) is 0 Å². The molecule has 1 heterocycles. The molecule has 0 unspecified atom stereocenters. The number of H-pyrrole nitrogens is 1. The number of unbranched alkanes of at least 4 members (excludes halogenated alkanes) is 1. The van der Waals surface area contributed by atoms with E-state index in [4.69, 9.17) is 0 Å². The molecule has 0 saturated carbocycles. The van der Waals surface area contributed by atoms with Crippen molar-refractivity contribution in [2.24, 2.45) is 0 Å². The maximum absolute atomic E-state index is 12.6. The Hall–Kier alpha value is -2.55. The van der Waals surface area contributed by atoms with Crippen LogP contribution in [0.15, 0.2) is 53.3 Å². The van der Waals surface area contributed by atoms with E-state index in [0.717, 1.165) is 41.8 Å². The number of aromatic nitrogens is 2. The molecule has 0 atom stereocenters. The largest absolute Gasteiger partial charge is 0.268 e. The highest BCUT2D eigenvalue weighted by Crippen LogP contribution is 2.26. The molecule has 0 saturated heterocycles. The van der Waals surface area contributed by atoms with E-state index < -0.39 is 0 Å². The van der Waals surface area contributed by atoms with Crippen LogP contribution in [0.2, 0.25) is 0 Å². The molecule has 124 valence electrons. The Morgan fingerprint density at radius 3 is 2.42 bits per heavy atom. The normalized spacial score (nSPS) is 11.0. The Morgan fingerprint density at radius 1 is 1.00 bits per heavy atom. The minimum atomic E-state index is 0.0144. The van der Waals surface area contributed by atoms with Gasteiger partial charge in [-0.25, -0.2) is 0 Å². The number of hydrogen-bond acceptors (Lipinski definition) is 1. The number of benzene rings is 2. The molecule has 0 fully saturated rings. The number of rotatable bonds is 5. The third-order valence-corrected chi connectivity index (χ3v) is 4.36. The molecule has 3 nitrogen and oxygen atoms in total. The molecule has 0 aliphatic heterocycles. The molecule has 24 heavy (non-hydrogen) atoms. The van der Waals surface area contributed by atoms with Crippen LogP contribution in [-0.2, 0) is 6.42 Å². The Morgan fingerprint density at radius 2 is 1.75 bits per heavy atom. The summed E-state index contributed by atoms with van der Waals surface area (Å²) in [4.78, 5) is 12.6. The van der Waals surface area contributed by atoms with Crippen LogP contribution >= 0.6 is 0 Å². The summed E-state index contributed by atoms with van der Waals surface area (Å²) in [5.74, 6) is 0. The first-order valence-corrected chi connectivity index (χ1v) is 8.58. The highest BCUT2D eigenvalue weighted by atomic mass is 16.1. The first-order chi connectivity index (χ1) is 11.6. The summed E-state index contributed by atoms with van der Waals surface area (Å²) < 4.78 is 1.94. The molecule has 0 aliphatic rings. The lowest BCUT2D eigenvalue weighted by Gasteiger charge is -2.11. The van der Waals surface area contributed by atoms with Crippen LogP contribution in [0.5, 0.6) is 0 Å². The predicted octanol–water partition coefficient (Wildman–Crippen LogP) is 4.79. The van der Waals surface area contributed by atoms with E-state index in [9.17, 15) is 4.79 Å². The number of hydrogen-bond donors (Lipinski definition) is 1. The molecule has 3 rings (SSSR count). The second-order valence-corrected chi connectivity index (χ2v) is 6.41. The second kappa shape index (κ2) is 6.91. The topological polar surface area (TPSA) is 37.8 Å². The maximum atomic E-state index is 12.6. The lowest BCUT2D eigenvalue weighted by Crippen LogP contribution is -2.07. The van der Waals surface area contributed by atoms with Gasteiger partial charge in [-0.1, -0.05) is 55.3 Å². The fraction of sp³-hybridized carbons (Fsp3) is 0.286. The molecular weight excluding hydrogens is 296 g/mol. The number of nitrogens with zero attached hydrogens (tertiary/aromatic N) is 1. The third kappa shape index (κ3) is 3.21. The summed E-state index contributed by atoms with van der Waals surface area (Å²) in [5.41, 5.74) is 6.33. The maximum Gasteiger partial charge on any atom is 0.268 e. The average Bonchev–Trinajstić information content (AvgIpc) is 2.90. The smallest absolute Gasteiger partial charge is 0.268 e. The SMILES string of the molecule is CCCCc1c(-c2ccc(C)cc2)n(-c2cccc(C)c2)[nH]c1=O. The highest BCUT2D eigenvalue weighted by molar-refractivity contribution is 5.66. The van der Waals surface area contributed by atoms with Gasteiger partial charge in [0.05, 0.1) is 11.4 Å². The van der Waals surface area contributed by atoms with Crippen LogP contribution < -0.4 is 5.56 Å². The molecule has 0 bridgehead atoms. The minimum Gasteiger partial charge on any atom is -0.268 e. The third-order valence-electron chi connectivity index (χ3n) is 4.36. The first kappa shape index (κ1) is 16.3. The van der Waals surface area contributed by atoms with Crippen LogP contribution in [-0.4, -0.2) is 9.78 Å². The van der Waals surface area contributed by atoms with Crippen LogP contribution in [0.3, 0.4) is 0 Å². The zero-order valence-electron chi connectivity index (χ0n) is 14.6. The number of nitrogens with one attached hydrogen (secondary N) is 1. The van der Waals surface area contributed by atoms with E-state index in [-0.39, 0.29) is 5.56 Å². The zero-order chi connectivity index (χ0) is 17.1. The van der Waals surface area contributed by atoms with Gasteiger partial charge in [-0.15, -0.1) is 0 Å².